The summed E-state index contributed by atoms with van der Waals surface area (Å²) in [5.74, 6) is -0.0143. The lowest BCUT2D eigenvalue weighted by atomic mass is 10.3. The maximum absolute atomic E-state index is 12.2. The second kappa shape index (κ2) is 6.05. The molecule has 106 valence electrons. The summed E-state index contributed by atoms with van der Waals surface area (Å²) < 4.78 is 28.1. The highest BCUT2D eigenvalue weighted by molar-refractivity contribution is 9.13. The predicted octanol–water partition coefficient (Wildman–Crippen LogP) is 4.48. The molecule has 0 unspecified atom stereocenters. The van der Waals surface area contributed by atoms with Crippen molar-refractivity contribution in [3.05, 3.63) is 49.8 Å². The number of nitrogens with one attached hydrogen (secondary N) is 1. The molecule has 2 aromatic rings. The van der Waals surface area contributed by atoms with Crippen LogP contribution in [0, 0.1) is 0 Å². The number of halogens is 3. The highest BCUT2D eigenvalue weighted by atomic mass is 79.9. The Morgan fingerprint density at radius 3 is 2.20 bits per heavy atom. The highest BCUT2D eigenvalue weighted by Crippen LogP contribution is 2.43. The third-order valence-electron chi connectivity index (χ3n) is 2.43. The average Bonchev–Trinajstić information content (AvgIpc) is 2.43. The third kappa shape index (κ3) is 3.19. The highest BCUT2D eigenvalue weighted by Gasteiger charge is 2.19. The zero-order valence-electron chi connectivity index (χ0n) is 9.77. The van der Waals surface area contributed by atoms with Crippen molar-refractivity contribution in [2.45, 2.75) is 4.90 Å². The summed E-state index contributed by atoms with van der Waals surface area (Å²) in [5, 5.41) is 9.73. The van der Waals surface area contributed by atoms with Crippen LogP contribution in [0.3, 0.4) is 0 Å². The predicted molar refractivity (Wildman–Crippen MR) is 88.5 cm³/mol. The van der Waals surface area contributed by atoms with Crippen molar-refractivity contribution in [2.24, 2.45) is 0 Å². The molecule has 0 amide bonds. The SMILES string of the molecule is O=S(=O)(Nc1cc(Br)c(O)c(Br)c1Br)c1ccccc1. The molecule has 0 aliphatic heterocycles. The summed E-state index contributed by atoms with van der Waals surface area (Å²) in [6.45, 7) is 0. The second-order valence-electron chi connectivity index (χ2n) is 3.80. The zero-order chi connectivity index (χ0) is 14.9. The fourth-order valence-electron chi connectivity index (χ4n) is 1.46. The average molecular weight is 486 g/mol. The van der Waals surface area contributed by atoms with Gasteiger partial charge in [0.25, 0.3) is 10.0 Å². The summed E-state index contributed by atoms with van der Waals surface area (Å²) in [6, 6.07) is 9.51. The molecule has 0 aliphatic carbocycles. The topological polar surface area (TPSA) is 66.4 Å². The van der Waals surface area contributed by atoms with Crippen molar-refractivity contribution in [1.82, 2.24) is 0 Å². The third-order valence-corrected chi connectivity index (χ3v) is 6.55. The van der Waals surface area contributed by atoms with E-state index in [1.165, 1.54) is 18.2 Å². The number of aromatic hydroxyl groups is 1. The Hall–Kier alpha value is -0.570. The van der Waals surface area contributed by atoms with E-state index in [1.54, 1.807) is 18.2 Å². The zero-order valence-corrected chi connectivity index (χ0v) is 15.3. The first-order valence-electron chi connectivity index (χ1n) is 5.27. The lowest BCUT2D eigenvalue weighted by molar-refractivity contribution is 0.468. The van der Waals surface area contributed by atoms with E-state index in [4.69, 9.17) is 0 Å². The molecule has 0 saturated carbocycles. The molecule has 0 spiro atoms. The Balaban J connectivity index is 2.46. The molecule has 8 heteroatoms. The molecule has 20 heavy (non-hydrogen) atoms. The number of hydrogen-bond acceptors (Lipinski definition) is 3. The minimum Gasteiger partial charge on any atom is -0.506 e. The van der Waals surface area contributed by atoms with Crippen LogP contribution in [0.1, 0.15) is 0 Å². The van der Waals surface area contributed by atoms with Gasteiger partial charge in [0.05, 0.1) is 24.0 Å². The minimum atomic E-state index is -3.69. The number of phenolic OH excluding ortho intramolecular Hbond substituents is 1. The molecular formula is C12H8Br3NO3S. The Morgan fingerprint density at radius 2 is 1.60 bits per heavy atom. The van der Waals surface area contributed by atoms with Gasteiger partial charge in [-0.3, -0.25) is 4.72 Å². The van der Waals surface area contributed by atoms with Crippen molar-refractivity contribution in [1.29, 1.82) is 0 Å². The van der Waals surface area contributed by atoms with Crippen molar-refractivity contribution in [3.8, 4) is 5.75 Å². The molecule has 0 fully saturated rings. The molecule has 0 bridgehead atoms. The van der Waals surface area contributed by atoms with E-state index in [-0.39, 0.29) is 10.6 Å². The van der Waals surface area contributed by atoms with E-state index in [1.807, 2.05) is 0 Å². The van der Waals surface area contributed by atoms with E-state index in [9.17, 15) is 13.5 Å². The van der Waals surface area contributed by atoms with Crippen LogP contribution in [0.4, 0.5) is 5.69 Å². The fourth-order valence-corrected chi connectivity index (χ4v) is 4.20. The number of rotatable bonds is 3. The maximum atomic E-state index is 12.2. The standard InChI is InChI=1S/C12H8Br3NO3S/c13-8-6-9(10(14)11(15)12(8)17)16-20(18,19)7-4-2-1-3-5-7/h1-6,16-17H. The van der Waals surface area contributed by atoms with Gasteiger partial charge in [0.2, 0.25) is 0 Å². The Bertz CT molecular complexity index is 748. The number of sulfonamides is 1. The van der Waals surface area contributed by atoms with E-state index in [2.05, 4.69) is 52.5 Å². The molecule has 0 aromatic heterocycles. The van der Waals surface area contributed by atoms with E-state index in [0.717, 1.165) is 0 Å². The van der Waals surface area contributed by atoms with Gasteiger partial charge < -0.3 is 5.11 Å². The quantitative estimate of drug-likeness (QED) is 0.497. The lowest BCUT2D eigenvalue weighted by Crippen LogP contribution is -2.13. The first kappa shape index (κ1) is 15.8. The number of phenols is 1. The van der Waals surface area contributed by atoms with Crippen molar-refractivity contribution in [3.63, 3.8) is 0 Å². The van der Waals surface area contributed by atoms with Gasteiger partial charge in [0, 0.05) is 0 Å². The maximum Gasteiger partial charge on any atom is 0.261 e. The van der Waals surface area contributed by atoms with Crippen LogP contribution >= 0.6 is 47.8 Å². The second-order valence-corrected chi connectivity index (χ2v) is 7.92. The Labute approximate surface area is 141 Å². The van der Waals surface area contributed by atoms with Gasteiger partial charge >= 0.3 is 0 Å². The number of benzene rings is 2. The molecule has 0 heterocycles. The van der Waals surface area contributed by atoms with Crippen LogP contribution in [-0.2, 0) is 10.0 Å². The van der Waals surface area contributed by atoms with Crippen molar-refractivity contribution in [2.75, 3.05) is 4.72 Å². The van der Waals surface area contributed by atoms with Crippen LogP contribution in [0.5, 0.6) is 5.75 Å². The first-order chi connectivity index (χ1) is 9.33. The molecule has 0 radical (unpaired) electrons. The summed E-state index contributed by atoms with van der Waals surface area (Å²) >= 11 is 9.58. The first-order valence-corrected chi connectivity index (χ1v) is 9.13. The van der Waals surface area contributed by atoms with Gasteiger partial charge in [-0.25, -0.2) is 8.42 Å². The van der Waals surface area contributed by atoms with Gasteiger partial charge in [-0.2, -0.15) is 0 Å². The van der Waals surface area contributed by atoms with Gasteiger partial charge in [0.15, 0.2) is 0 Å². The number of hydrogen-bond donors (Lipinski definition) is 2. The van der Waals surface area contributed by atoms with Crippen LogP contribution in [0.2, 0.25) is 0 Å². The summed E-state index contributed by atoms with van der Waals surface area (Å²) in [5.41, 5.74) is 0.311. The number of anilines is 1. The molecule has 0 aliphatic rings. The molecule has 0 atom stereocenters. The largest absolute Gasteiger partial charge is 0.506 e. The van der Waals surface area contributed by atoms with E-state index in [0.29, 0.717) is 19.1 Å². The molecule has 0 saturated heterocycles. The monoisotopic (exact) mass is 483 g/mol. The molecule has 2 aromatic carbocycles. The van der Waals surface area contributed by atoms with Gasteiger partial charge in [-0.15, -0.1) is 0 Å². The molecular weight excluding hydrogens is 478 g/mol. The minimum absolute atomic E-state index is 0.0143. The summed E-state index contributed by atoms with van der Waals surface area (Å²) in [7, 11) is -3.69. The van der Waals surface area contributed by atoms with Crippen LogP contribution in [0.15, 0.2) is 54.7 Å². The molecule has 4 nitrogen and oxygen atoms in total. The van der Waals surface area contributed by atoms with Crippen LogP contribution in [-0.4, -0.2) is 13.5 Å². The Kier molecular flexibility index (Phi) is 4.78. The molecule has 2 N–H and O–H groups in total. The summed E-state index contributed by atoms with van der Waals surface area (Å²) in [4.78, 5) is 0.159. The van der Waals surface area contributed by atoms with Gasteiger partial charge in [0.1, 0.15) is 5.75 Å². The van der Waals surface area contributed by atoms with Crippen LogP contribution in [0.25, 0.3) is 0 Å². The molecule has 2 rings (SSSR count). The summed E-state index contributed by atoms with van der Waals surface area (Å²) in [6.07, 6.45) is 0. The lowest BCUT2D eigenvalue weighted by Gasteiger charge is -2.12. The Morgan fingerprint density at radius 1 is 1.00 bits per heavy atom. The normalized spacial score (nSPS) is 11.3. The van der Waals surface area contributed by atoms with E-state index >= 15 is 0 Å². The van der Waals surface area contributed by atoms with Crippen molar-refractivity contribution < 1.29 is 13.5 Å². The van der Waals surface area contributed by atoms with Gasteiger partial charge in [-0.1, -0.05) is 18.2 Å². The van der Waals surface area contributed by atoms with Crippen molar-refractivity contribution >= 4 is 63.5 Å². The van der Waals surface area contributed by atoms with Crippen LogP contribution < -0.4 is 4.72 Å². The smallest absolute Gasteiger partial charge is 0.261 e. The van der Waals surface area contributed by atoms with E-state index < -0.39 is 10.0 Å². The van der Waals surface area contributed by atoms with Gasteiger partial charge in [-0.05, 0) is 66.0 Å². The fraction of sp³-hybridized carbons (Fsp3) is 0.